The summed E-state index contributed by atoms with van der Waals surface area (Å²) in [6.07, 6.45) is 0.799. The van der Waals surface area contributed by atoms with Crippen molar-refractivity contribution in [3.05, 3.63) is 35.3 Å². The summed E-state index contributed by atoms with van der Waals surface area (Å²) in [6.45, 7) is 5.49. The normalized spacial score (nSPS) is 17.4. The number of hydrogen-bond acceptors (Lipinski definition) is 2. The van der Waals surface area contributed by atoms with Gasteiger partial charge in [0.05, 0.1) is 16.9 Å². The van der Waals surface area contributed by atoms with Gasteiger partial charge in [-0.25, -0.2) is 18.0 Å². The lowest BCUT2D eigenvalue weighted by Gasteiger charge is -2.27. The Morgan fingerprint density at radius 2 is 2.00 bits per heavy atom. The standard InChI is InChI=1S/C16H17F3N2O2/c1-16(2,3)23-15(22)20-9-4-8-5-10(17)13(19)12-11(18)7-21(6-9)14(8)12/h5,7,9H,4,6H2,1-3H3,(H,20,22). The van der Waals surface area contributed by atoms with Crippen molar-refractivity contribution in [1.82, 2.24) is 9.88 Å². The van der Waals surface area contributed by atoms with Crippen molar-refractivity contribution in [3.63, 3.8) is 0 Å². The number of amides is 1. The van der Waals surface area contributed by atoms with E-state index in [9.17, 15) is 18.0 Å². The van der Waals surface area contributed by atoms with Crippen molar-refractivity contribution >= 4 is 17.0 Å². The molecule has 2 aromatic rings. The number of rotatable bonds is 1. The Labute approximate surface area is 131 Å². The monoisotopic (exact) mass is 326 g/mol. The Bertz CT molecular complexity index is 793. The molecular weight excluding hydrogens is 309 g/mol. The molecule has 1 amide bonds. The molecule has 1 aromatic carbocycles. The SMILES string of the molecule is CC(C)(C)OC(=O)NC1Cc2cc(F)c(F)c3c(F)cn(c23)C1. The van der Waals surface area contributed by atoms with Gasteiger partial charge in [0.25, 0.3) is 0 Å². The van der Waals surface area contributed by atoms with Gasteiger partial charge in [-0.1, -0.05) is 0 Å². The molecule has 0 saturated carbocycles. The number of aromatic nitrogens is 1. The summed E-state index contributed by atoms with van der Waals surface area (Å²) >= 11 is 0. The molecule has 0 saturated heterocycles. The minimum absolute atomic E-state index is 0.262. The van der Waals surface area contributed by atoms with Gasteiger partial charge in [0.2, 0.25) is 0 Å². The van der Waals surface area contributed by atoms with Gasteiger partial charge in [-0.2, -0.15) is 0 Å². The van der Waals surface area contributed by atoms with Gasteiger partial charge in [0, 0.05) is 12.7 Å². The molecule has 0 bridgehead atoms. The fourth-order valence-corrected chi connectivity index (χ4v) is 2.92. The van der Waals surface area contributed by atoms with Gasteiger partial charge in [0.15, 0.2) is 17.5 Å². The first-order valence-electron chi connectivity index (χ1n) is 7.30. The number of hydrogen-bond donors (Lipinski definition) is 1. The number of alkyl carbamates (subject to hydrolysis) is 1. The van der Waals surface area contributed by atoms with Crippen LogP contribution in [0.25, 0.3) is 10.9 Å². The van der Waals surface area contributed by atoms with E-state index >= 15 is 0 Å². The smallest absolute Gasteiger partial charge is 0.407 e. The van der Waals surface area contributed by atoms with Crippen molar-refractivity contribution in [2.24, 2.45) is 0 Å². The van der Waals surface area contributed by atoms with E-state index in [1.807, 2.05) is 0 Å². The van der Waals surface area contributed by atoms with Gasteiger partial charge >= 0.3 is 6.09 Å². The van der Waals surface area contributed by atoms with Crippen LogP contribution in [0.1, 0.15) is 26.3 Å². The largest absolute Gasteiger partial charge is 0.444 e. The van der Waals surface area contributed by atoms with Crippen LogP contribution in [0, 0.1) is 17.5 Å². The highest BCUT2D eigenvalue weighted by Gasteiger charge is 2.28. The first-order valence-corrected chi connectivity index (χ1v) is 7.30. The summed E-state index contributed by atoms with van der Waals surface area (Å²) in [5.74, 6) is -3.09. The maximum Gasteiger partial charge on any atom is 0.407 e. The Morgan fingerprint density at radius 1 is 1.30 bits per heavy atom. The zero-order valence-electron chi connectivity index (χ0n) is 13.0. The first-order chi connectivity index (χ1) is 10.7. The van der Waals surface area contributed by atoms with Crippen LogP contribution >= 0.6 is 0 Å². The topological polar surface area (TPSA) is 43.3 Å². The van der Waals surface area contributed by atoms with E-state index in [2.05, 4.69) is 5.32 Å². The second kappa shape index (κ2) is 5.18. The van der Waals surface area contributed by atoms with Crippen molar-refractivity contribution in [2.75, 3.05) is 0 Å². The maximum absolute atomic E-state index is 13.9. The highest BCUT2D eigenvalue weighted by molar-refractivity contribution is 5.85. The lowest BCUT2D eigenvalue weighted by molar-refractivity contribution is 0.0498. The van der Waals surface area contributed by atoms with Crippen LogP contribution in [0.2, 0.25) is 0 Å². The molecular formula is C16H17F3N2O2. The molecule has 4 nitrogen and oxygen atoms in total. The Kier molecular flexibility index (Phi) is 3.54. The van der Waals surface area contributed by atoms with Crippen LogP contribution < -0.4 is 5.32 Å². The number of carbonyl (C=O) groups is 1. The second-order valence-electron chi connectivity index (χ2n) is 6.73. The minimum Gasteiger partial charge on any atom is -0.444 e. The van der Waals surface area contributed by atoms with Crippen LogP contribution in [0.5, 0.6) is 0 Å². The molecule has 1 unspecified atom stereocenters. The molecule has 1 aliphatic heterocycles. The van der Waals surface area contributed by atoms with E-state index in [0.717, 1.165) is 12.3 Å². The summed E-state index contributed by atoms with van der Waals surface area (Å²) in [7, 11) is 0. The number of nitrogens with one attached hydrogen (secondary N) is 1. The fraction of sp³-hybridized carbons (Fsp3) is 0.438. The Hall–Kier alpha value is -2.18. The minimum atomic E-state index is -1.18. The third-order valence-electron chi connectivity index (χ3n) is 3.67. The molecule has 0 aliphatic carbocycles. The van der Waals surface area contributed by atoms with Crippen molar-refractivity contribution < 1.29 is 22.7 Å². The lowest BCUT2D eigenvalue weighted by atomic mass is 9.99. The van der Waals surface area contributed by atoms with E-state index in [-0.39, 0.29) is 18.4 Å². The summed E-state index contributed by atoms with van der Waals surface area (Å²) in [5.41, 5.74) is 0.150. The summed E-state index contributed by atoms with van der Waals surface area (Å²) < 4.78 is 48.0. The molecule has 1 aromatic heterocycles. The predicted octanol–water partition coefficient (Wildman–Crippen LogP) is 3.51. The van der Waals surface area contributed by atoms with Crippen molar-refractivity contribution in [2.45, 2.75) is 45.4 Å². The molecule has 2 heterocycles. The molecule has 1 atom stereocenters. The summed E-state index contributed by atoms with van der Waals surface area (Å²) in [5, 5.41) is 2.34. The number of halogens is 3. The first kappa shape index (κ1) is 15.7. The van der Waals surface area contributed by atoms with Gasteiger partial charge < -0.3 is 14.6 Å². The van der Waals surface area contributed by atoms with E-state index in [1.165, 1.54) is 4.57 Å². The molecule has 1 N–H and O–H groups in total. The van der Waals surface area contributed by atoms with Gasteiger partial charge in [0.1, 0.15) is 5.60 Å². The molecule has 3 rings (SSSR count). The average Bonchev–Trinajstić information content (AvgIpc) is 2.70. The average molecular weight is 326 g/mol. The van der Waals surface area contributed by atoms with Crippen LogP contribution in [-0.2, 0) is 17.7 Å². The molecule has 124 valence electrons. The lowest BCUT2D eigenvalue weighted by Crippen LogP contribution is -2.43. The number of carbonyl (C=O) groups excluding carboxylic acids is 1. The van der Waals surface area contributed by atoms with Gasteiger partial charge in [-0.15, -0.1) is 0 Å². The number of benzene rings is 1. The predicted molar refractivity (Wildman–Crippen MR) is 78.7 cm³/mol. The van der Waals surface area contributed by atoms with E-state index < -0.39 is 35.2 Å². The van der Waals surface area contributed by atoms with Crippen molar-refractivity contribution in [3.8, 4) is 0 Å². The van der Waals surface area contributed by atoms with E-state index in [0.29, 0.717) is 11.1 Å². The van der Waals surface area contributed by atoms with E-state index in [1.54, 1.807) is 20.8 Å². The maximum atomic E-state index is 13.9. The second-order valence-corrected chi connectivity index (χ2v) is 6.73. The zero-order chi connectivity index (χ0) is 16.9. The third kappa shape index (κ3) is 2.87. The third-order valence-corrected chi connectivity index (χ3v) is 3.67. The highest BCUT2D eigenvalue weighted by atomic mass is 19.2. The highest BCUT2D eigenvalue weighted by Crippen LogP contribution is 2.32. The van der Waals surface area contributed by atoms with Gasteiger partial charge in [-0.05, 0) is 38.8 Å². The van der Waals surface area contributed by atoms with Crippen LogP contribution in [0.4, 0.5) is 18.0 Å². The van der Waals surface area contributed by atoms with Crippen LogP contribution in [0.3, 0.4) is 0 Å². The molecule has 0 fully saturated rings. The molecule has 1 aliphatic rings. The summed E-state index contributed by atoms with van der Waals surface area (Å²) in [4.78, 5) is 11.9. The van der Waals surface area contributed by atoms with Crippen molar-refractivity contribution in [1.29, 1.82) is 0 Å². The molecule has 0 radical (unpaired) electrons. The van der Waals surface area contributed by atoms with Crippen LogP contribution in [-0.4, -0.2) is 22.3 Å². The zero-order valence-corrected chi connectivity index (χ0v) is 13.0. The molecule has 23 heavy (non-hydrogen) atoms. The molecule has 0 spiro atoms. The Balaban J connectivity index is 1.89. The quantitative estimate of drug-likeness (QED) is 0.871. The Morgan fingerprint density at radius 3 is 2.65 bits per heavy atom. The van der Waals surface area contributed by atoms with Gasteiger partial charge in [-0.3, -0.25) is 0 Å². The van der Waals surface area contributed by atoms with Crippen LogP contribution in [0.15, 0.2) is 12.3 Å². The molecule has 7 heteroatoms. The van der Waals surface area contributed by atoms with E-state index in [4.69, 9.17) is 4.74 Å². The summed E-state index contributed by atoms with van der Waals surface area (Å²) in [6, 6.07) is 0.661. The number of nitrogens with zero attached hydrogens (tertiary/aromatic N) is 1. The number of ether oxygens (including phenoxy) is 1. The fourth-order valence-electron chi connectivity index (χ4n) is 2.92.